The Balaban J connectivity index is 2.07. The standard InChI is InChI=1S/C15H21N3S/c1-5-11-6-8-12(9-7-11)14-18-17-13(19-14)10-16-15(2,3)4/h6-9,16H,5,10H2,1-4H3. The van der Waals surface area contributed by atoms with Crippen molar-refractivity contribution in [1.82, 2.24) is 15.5 Å². The van der Waals surface area contributed by atoms with Gasteiger partial charge in [0.1, 0.15) is 10.0 Å². The predicted octanol–water partition coefficient (Wildman–Crippen LogP) is 3.66. The molecule has 0 amide bonds. The van der Waals surface area contributed by atoms with E-state index in [9.17, 15) is 0 Å². The Kier molecular flexibility index (Phi) is 4.32. The van der Waals surface area contributed by atoms with Crippen LogP contribution in [0.5, 0.6) is 0 Å². The molecule has 102 valence electrons. The first-order valence-electron chi connectivity index (χ1n) is 6.64. The topological polar surface area (TPSA) is 37.8 Å². The molecule has 0 radical (unpaired) electrons. The fourth-order valence-electron chi connectivity index (χ4n) is 1.67. The molecule has 4 heteroatoms. The first-order valence-corrected chi connectivity index (χ1v) is 7.46. The zero-order valence-electron chi connectivity index (χ0n) is 12.0. The molecule has 0 bridgehead atoms. The van der Waals surface area contributed by atoms with Gasteiger partial charge in [-0.3, -0.25) is 0 Å². The molecule has 0 atom stereocenters. The third kappa shape index (κ3) is 4.11. The summed E-state index contributed by atoms with van der Waals surface area (Å²) in [5.74, 6) is 0. The minimum absolute atomic E-state index is 0.106. The molecule has 2 aromatic rings. The number of aromatic nitrogens is 2. The Morgan fingerprint density at radius 1 is 1.11 bits per heavy atom. The predicted molar refractivity (Wildman–Crippen MR) is 81.3 cm³/mol. The van der Waals surface area contributed by atoms with E-state index >= 15 is 0 Å². The molecule has 0 spiro atoms. The molecule has 0 fully saturated rings. The van der Waals surface area contributed by atoms with Crippen LogP contribution in [0.2, 0.25) is 0 Å². The summed E-state index contributed by atoms with van der Waals surface area (Å²) in [4.78, 5) is 0. The number of rotatable bonds is 4. The Labute approximate surface area is 119 Å². The van der Waals surface area contributed by atoms with E-state index in [-0.39, 0.29) is 5.54 Å². The van der Waals surface area contributed by atoms with Gasteiger partial charge in [0.05, 0.1) is 6.54 Å². The van der Waals surface area contributed by atoms with Gasteiger partial charge in [0, 0.05) is 11.1 Å². The lowest BCUT2D eigenvalue weighted by atomic mass is 10.1. The lowest BCUT2D eigenvalue weighted by Crippen LogP contribution is -2.35. The van der Waals surface area contributed by atoms with Crippen LogP contribution in [0.25, 0.3) is 10.6 Å². The average Bonchev–Trinajstić information content (AvgIpc) is 2.84. The molecule has 0 saturated heterocycles. The van der Waals surface area contributed by atoms with Crippen molar-refractivity contribution in [3.63, 3.8) is 0 Å². The van der Waals surface area contributed by atoms with Gasteiger partial charge in [0.25, 0.3) is 0 Å². The zero-order valence-corrected chi connectivity index (χ0v) is 12.8. The van der Waals surface area contributed by atoms with Crippen molar-refractivity contribution in [2.75, 3.05) is 0 Å². The van der Waals surface area contributed by atoms with Crippen LogP contribution in [0.3, 0.4) is 0 Å². The molecule has 19 heavy (non-hydrogen) atoms. The normalized spacial score (nSPS) is 11.8. The van der Waals surface area contributed by atoms with E-state index in [0.717, 1.165) is 28.5 Å². The average molecular weight is 275 g/mol. The first-order chi connectivity index (χ1) is 8.98. The summed E-state index contributed by atoms with van der Waals surface area (Å²) in [5, 5.41) is 14.0. The molecular weight excluding hydrogens is 254 g/mol. The molecule has 1 aromatic heterocycles. The Hall–Kier alpha value is -1.26. The van der Waals surface area contributed by atoms with E-state index in [0.29, 0.717) is 0 Å². The maximum atomic E-state index is 4.27. The Morgan fingerprint density at radius 2 is 1.79 bits per heavy atom. The molecule has 0 saturated carbocycles. The van der Waals surface area contributed by atoms with E-state index in [1.54, 1.807) is 11.3 Å². The van der Waals surface area contributed by atoms with E-state index in [4.69, 9.17) is 0 Å². The van der Waals surface area contributed by atoms with Crippen LogP contribution in [0, 0.1) is 0 Å². The van der Waals surface area contributed by atoms with Crippen LogP contribution < -0.4 is 5.32 Å². The van der Waals surface area contributed by atoms with E-state index in [2.05, 4.69) is 67.5 Å². The number of aryl methyl sites for hydroxylation is 1. The second kappa shape index (κ2) is 5.80. The number of nitrogens with zero attached hydrogens (tertiary/aromatic N) is 2. The summed E-state index contributed by atoms with van der Waals surface area (Å²) < 4.78 is 0. The van der Waals surface area contributed by atoms with Gasteiger partial charge in [-0.05, 0) is 32.8 Å². The monoisotopic (exact) mass is 275 g/mol. The second-order valence-corrected chi connectivity index (χ2v) is 6.72. The summed E-state index contributed by atoms with van der Waals surface area (Å²) in [6.45, 7) is 9.39. The van der Waals surface area contributed by atoms with Gasteiger partial charge in [-0.25, -0.2) is 0 Å². The number of hydrogen-bond acceptors (Lipinski definition) is 4. The van der Waals surface area contributed by atoms with Crippen molar-refractivity contribution in [1.29, 1.82) is 0 Å². The van der Waals surface area contributed by atoms with Gasteiger partial charge in [0.15, 0.2) is 0 Å². The van der Waals surface area contributed by atoms with Gasteiger partial charge >= 0.3 is 0 Å². The summed E-state index contributed by atoms with van der Waals surface area (Å²) in [6, 6.07) is 8.56. The molecule has 3 nitrogen and oxygen atoms in total. The summed E-state index contributed by atoms with van der Waals surface area (Å²) in [7, 11) is 0. The highest BCUT2D eigenvalue weighted by atomic mass is 32.1. The molecule has 1 heterocycles. The third-order valence-corrected chi connectivity index (χ3v) is 3.82. The number of nitrogens with one attached hydrogen (secondary N) is 1. The van der Waals surface area contributed by atoms with Crippen molar-refractivity contribution < 1.29 is 0 Å². The Morgan fingerprint density at radius 3 is 2.37 bits per heavy atom. The number of benzene rings is 1. The molecule has 0 aliphatic carbocycles. The molecule has 0 aliphatic rings. The third-order valence-electron chi connectivity index (χ3n) is 2.85. The van der Waals surface area contributed by atoms with Gasteiger partial charge in [-0.1, -0.05) is 42.5 Å². The summed E-state index contributed by atoms with van der Waals surface area (Å²) in [5.41, 5.74) is 2.61. The summed E-state index contributed by atoms with van der Waals surface area (Å²) >= 11 is 1.66. The number of hydrogen-bond donors (Lipinski definition) is 1. The van der Waals surface area contributed by atoms with Gasteiger partial charge < -0.3 is 5.32 Å². The highest BCUT2D eigenvalue weighted by Gasteiger charge is 2.11. The van der Waals surface area contributed by atoms with Crippen molar-refractivity contribution in [2.24, 2.45) is 0 Å². The molecule has 1 aromatic carbocycles. The van der Waals surface area contributed by atoms with E-state index in [1.807, 2.05) is 0 Å². The maximum Gasteiger partial charge on any atom is 0.147 e. The molecule has 0 aliphatic heterocycles. The van der Waals surface area contributed by atoms with Crippen LogP contribution in [0.15, 0.2) is 24.3 Å². The largest absolute Gasteiger partial charge is 0.306 e. The molecule has 2 rings (SSSR count). The van der Waals surface area contributed by atoms with Crippen molar-refractivity contribution in [3.05, 3.63) is 34.8 Å². The van der Waals surface area contributed by atoms with E-state index in [1.165, 1.54) is 5.56 Å². The van der Waals surface area contributed by atoms with Crippen LogP contribution in [-0.2, 0) is 13.0 Å². The minimum Gasteiger partial charge on any atom is -0.306 e. The molecule has 0 unspecified atom stereocenters. The first kappa shape index (κ1) is 14.2. The highest BCUT2D eigenvalue weighted by Crippen LogP contribution is 2.24. The van der Waals surface area contributed by atoms with Crippen molar-refractivity contribution in [3.8, 4) is 10.6 Å². The lowest BCUT2D eigenvalue weighted by molar-refractivity contribution is 0.423. The van der Waals surface area contributed by atoms with Crippen LogP contribution >= 0.6 is 11.3 Å². The Bertz CT molecular complexity index is 523. The van der Waals surface area contributed by atoms with Crippen molar-refractivity contribution >= 4 is 11.3 Å². The van der Waals surface area contributed by atoms with E-state index < -0.39 is 0 Å². The molecule has 1 N–H and O–H groups in total. The SMILES string of the molecule is CCc1ccc(-c2nnc(CNC(C)(C)C)s2)cc1. The highest BCUT2D eigenvalue weighted by molar-refractivity contribution is 7.14. The van der Waals surface area contributed by atoms with Gasteiger partial charge in [-0.15, -0.1) is 10.2 Å². The fraction of sp³-hybridized carbons (Fsp3) is 0.467. The van der Waals surface area contributed by atoms with Crippen LogP contribution in [0.1, 0.15) is 38.3 Å². The van der Waals surface area contributed by atoms with Crippen LogP contribution in [0.4, 0.5) is 0 Å². The quantitative estimate of drug-likeness (QED) is 0.925. The van der Waals surface area contributed by atoms with Gasteiger partial charge in [-0.2, -0.15) is 0 Å². The summed E-state index contributed by atoms with van der Waals surface area (Å²) in [6.07, 6.45) is 1.07. The molecular formula is C15H21N3S. The fourth-order valence-corrected chi connectivity index (χ4v) is 2.45. The van der Waals surface area contributed by atoms with Crippen molar-refractivity contribution in [2.45, 2.75) is 46.2 Å². The smallest absolute Gasteiger partial charge is 0.147 e. The second-order valence-electron chi connectivity index (χ2n) is 5.65. The zero-order chi connectivity index (χ0) is 13.9. The van der Waals surface area contributed by atoms with Crippen LogP contribution in [-0.4, -0.2) is 15.7 Å². The minimum atomic E-state index is 0.106. The van der Waals surface area contributed by atoms with Gasteiger partial charge in [0.2, 0.25) is 0 Å². The maximum absolute atomic E-state index is 4.27. The lowest BCUT2D eigenvalue weighted by Gasteiger charge is -2.19.